The maximum atomic E-state index is 5.79. The maximum Gasteiger partial charge on any atom is 0.0349 e. The molecule has 2 N–H and O–H groups in total. The van der Waals surface area contributed by atoms with Gasteiger partial charge in [0.1, 0.15) is 0 Å². The minimum atomic E-state index is 0.903. The van der Waals surface area contributed by atoms with E-state index in [1.54, 1.807) is 0 Å². The van der Waals surface area contributed by atoms with Gasteiger partial charge in [-0.25, -0.2) is 0 Å². The molecule has 0 unspecified atom stereocenters. The summed E-state index contributed by atoms with van der Waals surface area (Å²) in [6, 6.07) is 2.03. The Hall–Kier alpha value is -0.250. The summed E-state index contributed by atoms with van der Waals surface area (Å²) in [6.07, 6.45) is 0. The topological polar surface area (TPSA) is 26.0 Å². The molecular weight excluding hydrogens is 249 g/mol. The number of anilines is 1. The lowest BCUT2D eigenvalue weighted by atomic mass is 10.1. The van der Waals surface area contributed by atoms with E-state index in [1.807, 2.05) is 6.07 Å². The molecule has 1 nitrogen and oxygen atoms in total. The zero-order chi connectivity index (χ0) is 8.59. The second kappa shape index (κ2) is 3.01. The monoisotopic (exact) mass is 261 g/mol. The van der Waals surface area contributed by atoms with Gasteiger partial charge in [-0.15, -0.1) is 0 Å². The van der Waals surface area contributed by atoms with Gasteiger partial charge in [-0.05, 0) is 66.1 Å². The molecule has 0 aromatic heterocycles. The third-order valence-corrected chi connectivity index (χ3v) is 3.70. The second-order valence-electron chi connectivity index (χ2n) is 2.85. The summed E-state index contributed by atoms with van der Waals surface area (Å²) in [5, 5.41) is 0. The Morgan fingerprint density at radius 2 is 1.73 bits per heavy atom. The van der Waals surface area contributed by atoms with E-state index < -0.39 is 0 Å². The van der Waals surface area contributed by atoms with E-state index in [2.05, 4.69) is 43.4 Å². The molecule has 0 saturated carbocycles. The van der Waals surface area contributed by atoms with Crippen molar-refractivity contribution in [1.29, 1.82) is 0 Å². The molecule has 0 heterocycles. The number of rotatable bonds is 0. The van der Waals surface area contributed by atoms with Crippen molar-refractivity contribution in [3.63, 3.8) is 0 Å². The first-order chi connectivity index (χ1) is 5.04. The van der Waals surface area contributed by atoms with Crippen LogP contribution < -0.4 is 5.73 Å². The van der Waals surface area contributed by atoms with Gasteiger partial charge in [0.2, 0.25) is 0 Å². The van der Waals surface area contributed by atoms with E-state index in [1.165, 1.54) is 20.3 Å². The fraction of sp³-hybridized carbons (Fsp3) is 0.333. The molecule has 1 rings (SSSR count). The highest BCUT2D eigenvalue weighted by molar-refractivity contribution is 14.1. The van der Waals surface area contributed by atoms with Crippen molar-refractivity contribution in [1.82, 2.24) is 0 Å². The van der Waals surface area contributed by atoms with Crippen molar-refractivity contribution < 1.29 is 0 Å². The minimum absolute atomic E-state index is 0.903. The van der Waals surface area contributed by atoms with Crippen LogP contribution in [0.4, 0.5) is 5.69 Å². The Balaban J connectivity index is 3.46. The molecule has 0 amide bonds. The molecule has 2 heteroatoms. The number of aryl methyl sites for hydroxylation is 1. The lowest BCUT2D eigenvalue weighted by Gasteiger charge is -2.09. The molecular formula is C9H12IN. The van der Waals surface area contributed by atoms with E-state index in [4.69, 9.17) is 5.73 Å². The van der Waals surface area contributed by atoms with Crippen LogP contribution in [0.5, 0.6) is 0 Å². The quantitative estimate of drug-likeness (QED) is 0.564. The fourth-order valence-corrected chi connectivity index (χ4v) is 1.64. The average Bonchev–Trinajstić information content (AvgIpc) is 1.97. The molecule has 0 aliphatic heterocycles. The highest BCUT2D eigenvalue weighted by Gasteiger charge is 2.04. The minimum Gasteiger partial charge on any atom is -0.398 e. The molecule has 1 aromatic rings. The SMILES string of the molecule is Cc1cc(N)c(C)c(C)c1I. The number of hydrogen-bond acceptors (Lipinski definition) is 1. The molecule has 0 radical (unpaired) electrons. The van der Waals surface area contributed by atoms with Gasteiger partial charge in [-0.3, -0.25) is 0 Å². The number of benzene rings is 1. The van der Waals surface area contributed by atoms with E-state index >= 15 is 0 Å². The molecule has 0 aliphatic rings. The van der Waals surface area contributed by atoms with Crippen LogP contribution in [-0.2, 0) is 0 Å². The molecule has 0 fully saturated rings. The standard InChI is InChI=1S/C9H12IN/c1-5-4-8(11)6(2)7(3)9(5)10/h4H,11H2,1-3H3. The van der Waals surface area contributed by atoms with Crippen LogP contribution in [0.15, 0.2) is 6.07 Å². The van der Waals surface area contributed by atoms with Gasteiger partial charge in [0.25, 0.3) is 0 Å². The first kappa shape index (κ1) is 8.84. The van der Waals surface area contributed by atoms with Crippen molar-refractivity contribution in [3.05, 3.63) is 26.3 Å². The van der Waals surface area contributed by atoms with Crippen LogP contribution in [0.2, 0.25) is 0 Å². The van der Waals surface area contributed by atoms with Crippen LogP contribution in [-0.4, -0.2) is 0 Å². The van der Waals surface area contributed by atoms with Crippen molar-refractivity contribution >= 4 is 28.3 Å². The third-order valence-electron chi connectivity index (χ3n) is 2.04. The summed E-state index contributed by atoms with van der Waals surface area (Å²) in [6.45, 7) is 6.26. The Bertz CT molecular complexity index is 266. The highest BCUT2D eigenvalue weighted by Crippen LogP contribution is 2.24. The second-order valence-corrected chi connectivity index (χ2v) is 3.93. The van der Waals surface area contributed by atoms with E-state index in [0.717, 1.165) is 5.69 Å². The predicted molar refractivity (Wildman–Crippen MR) is 57.8 cm³/mol. The zero-order valence-electron chi connectivity index (χ0n) is 7.03. The molecule has 60 valence electrons. The molecule has 0 atom stereocenters. The van der Waals surface area contributed by atoms with Crippen molar-refractivity contribution in [2.45, 2.75) is 20.8 Å². The normalized spacial score (nSPS) is 10.2. The predicted octanol–water partition coefficient (Wildman–Crippen LogP) is 2.80. The van der Waals surface area contributed by atoms with Crippen molar-refractivity contribution in [2.75, 3.05) is 5.73 Å². The van der Waals surface area contributed by atoms with Crippen LogP contribution in [0.1, 0.15) is 16.7 Å². The summed E-state index contributed by atoms with van der Waals surface area (Å²) in [5.41, 5.74) is 10.5. The van der Waals surface area contributed by atoms with E-state index in [9.17, 15) is 0 Å². The van der Waals surface area contributed by atoms with Gasteiger partial charge in [-0.2, -0.15) is 0 Å². The first-order valence-electron chi connectivity index (χ1n) is 3.56. The molecule has 11 heavy (non-hydrogen) atoms. The Morgan fingerprint density at radius 3 is 2.27 bits per heavy atom. The summed E-state index contributed by atoms with van der Waals surface area (Å²) in [7, 11) is 0. The molecule has 0 spiro atoms. The molecule has 0 saturated heterocycles. The van der Waals surface area contributed by atoms with Crippen molar-refractivity contribution in [3.8, 4) is 0 Å². The van der Waals surface area contributed by atoms with Gasteiger partial charge in [-0.1, -0.05) is 0 Å². The average molecular weight is 261 g/mol. The van der Waals surface area contributed by atoms with Crippen LogP contribution >= 0.6 is 22.6 Å². The largest absolute Gasteiger partial charge is 0.398 e. The Kier molecular flexibility index (Phi) is 2.42. The summed E-state index contributed by atoms with van der Waals surface area (Å²) >= 11 is 2.36. The fourth-order valence-electron chi connectivity index (χ4n) is 1.08. The number of nitrogen functional groups attached to an aromatic ring is 1. The van der Waals surface area contributed by atoms with E-state index in [-0.39, 0.29) is 0 Å². The van der Waals surface area contributed by atoms with E-state index in [0.29, 0.717) is 0 Å². The van der Waals surface area contributed by atoms with Gasteiger partial charge >= 0.3 is 0 Å². The van der Waals surface area contributed by atoms with Gasteiger partial charge < -0.3 is 5.73 Å². The van der Waals surface area contributed by atoms with Crippen LogP contribution in [0.3, 0.4) is 0 Å². The lowest BCUT2D eigenvalue weighted by Crippen LogP contribution is -1.96. The summed E-state index contributed by atoms with van der Waals surface area (Å²) in [4.78, 5) is 0. The molecule has 0 aliphatic carbocycles. The van der Waals surface area contributed by atoms with Crippen LogP contribution in [0.25, 0.3) is 0 Å². The maximum absolute atomic E-state index is 5.79. The third kappa shape index (κ3) is 1.50. The zero-order valence-corrected chi connectivity index (χ0v) is 9.19. The van der Waals surface area contributed by atoms with Crippen molar-refractivity contribution in [2.24, 2.45) is 0 Å². The van der Waals surface area contributed by atoms with Crippen LogP contribution in [0, 0.1) is 24.3 Å². The Labute approximate surface area is 81.1 Å². The first-order valence-corrected chi connectivity index (χ1v) is 4.63. The smallest absolute Gasteiger partial charge is 0.0349 e. The number of hydrogen-bond donors (Lipinski definition) is 1. The lowest BCUT2D eigenvalue weighted by molar-refractivity contribution is 1.27. The molecule has 0 bridgehead atoms. The van der Waals surface area contributed by atoms with Gasteiger partial charge in [0, 0.05) is 9.26 Å². The number of halogens is 1. The number of nitrogens with two attached hydrogens (primary N) is 1. The van der Waals surface area contributed by atoms with Gasteiger partial charge in [0.05, 0.1) is 0 Å². The highest BCUT2D eigenvalue weighted by atomic mass is 127. The summed E-state index contributed by atoms with van der Waals surface area (Å²) in [5.74, 6) is 0. The molecule has 1 aromatic carbocycles. The summed E-state index contributed by atoms with van der Waals surface area (Å²) < 4.78 is 1.33. The Morgan fingerprint density at radius 1 is 1.18 bits per heavy atom. The van der Waals surface area contributed by atoms with Gasteiger partial charge in [0.15, 0.2) is 0 Å².